The number of hydrogen-bond donors (Lipinski definition) is 2. The van der Waals surface area contributed by atoms with Crippen LogP contribution >= 0.6 is 0 Å². The minimum absolute atomic E-state index is 0.512. The number of piperidine rings is 1. The van der Waals surface area contributed by atoms with Crippen LogP contribution in [0.4, 0.5) is 0 Å². The van der Waals surface area contributed by atoms with Gasteiger partial charge in [0.15, 0.2) is 0 Å². The van der Waals surface area contributed by atoms with Gasteiger partial charge in [-0.05, 0) is 25.7 Å². The number of fused-ring (bicyclic) bond motifs is 2. The van der Waals surface area contributed by atoms with Crippen molar-refractivity contribution in [3.63, 3.8) is 0 Å². The molecular formula is C8H13N3. The van der Waals surface area contributed by atoms with Crippen LogP contribution in [-0.2, 0) is 0 Å². The molecule has 3 nitrogen and oxygen atoms in total. The van der Waals surface area contributed by atoms with E-state index in [1.54, 1.807) is 0 Å². The van der Waals surface area contributed by atoms with E-state index in [2.05, 4.69) is 11.4 Å². The summed E-state index contributed by atoms with van der Waals surface area (Å²) in [5, 5.41) is 12.3. The van der Waals surface area contributed by atoms with E-state index in [1.807, 2.05) is 0 Å². The maximum atomic E-state index is 8.81. The zero-order valence-electron chi connectivity index (χ0n) is 6.51. The first-order chi connectivity index (χ1) is 5.22. The van der Waals surface area contributed by atoms with Crippen LogP contribution in [0.1, 0.15) is 25.7 Å². The van der Waals surface area contributed by atoms with Gasteiger partial charge in [0.1, 0.15) is 5.54 Å². The van der Waals surface area contributed by atoms with Crippen LogP contribution in [0, 0.1) is 11.3 Å². The molecule has 60 valence electrons. The van der Waals surface area contributed by atoms with Crippen molar-refractivity contribution in [2.75, 3.05) is 0 Å². The Morgan fingerprint density at radius 3 is 2.36 bits per heavy atom. The molecule has 0 aliphatic carbocycles. The molecule has 2 fully saturated rings. The Bertz CT molecular complexity index is 194. The Labute approximate surface area is 66.6 Å². The molecule has 2 bridgehead atoms. The molecule has 0 amide bonds. The molecule has 0 aromatic carbocycles. The number of nitriles is 1. The van der Waals surface area contributed by atoms with Crippen molar-refractivity contribution in [1.82, 2.24) is 5.32 Å². The van der Waals surface area contributed by atoms with E-state index in [1.165, 1.54) is 12.8 Å². The highest BCUT2D eigenvalue weighted by Gasteiger charge is 2.41. The van der Waals surface area contributed by atoms with Crippen molar-refractivity contribution in [2.24, 2.45) is 5.73 Å². The molecule has 3 N–H and O–H groups in total. The topological polar surface area (TPSA) is 61.8 Å². The Morgan fingerprint density at radius 2 is 1.91 bits per heavy atom. The smallest absolute Gasteiger partial charge is 0.107 e. The van der Waals surface area contributed by atoms with Gasteiger partial charge >= 0.3 is 0 Å². The third-order valence-corrected chi connectivity index (χ3v) is 2.78. The zero-order valence-corrected chi connectivity index (χ0v) is 6.51. The third-order valence-electron chi connectivity index (χ3n) is 2.78. The molecule has 0 saturated carbocycles. The molecule has 2 saturated heterocycles. The first-order valence-corrected chi connectivity index (χ1v) is 4.18. The fourth-order valence-corrected chi connectivity index (χ4v) is 2.28. The molecule has 0 spiro atoms. The van der Waals surface area contributed by atoms with Crippen molar-refractivity contribution < 1.29 is 0 Å². The average Bonchev–Trinajstić information content (AvgIpc) is 2.31. The third kappa shape index (κ3) is 1.13. The van der Waals surface area contributed by atoms with Crippen molar-refractivity contribution in [3.8, 4) is 6.07 Å². The highest BCUT2D eigenvalue weighted by Crippen LogP contribution is 2.31. The molecule has 2 unspecified atom stereocenters. The Hall–Kier alpha value is -0.590. The molecule has 2 heterocycles. The zero-order chi connectivity index (χ0) is 7.90. The molecule has 0 aromatic rings. The molecular weight excluding hydrogens is 138 g/mol. The number of nitrogens with two attached hydrogens (primary N) is 1. The van der Waals surface area contributed by atoms with Crippen LogP contribution in [0.2, 0.25) is 0 Å². The van der Waals surface area contributed by atoms with Gasteiger partial charge in [0.2, 0.25) is 0 Å². The lowest BCUT2D eigenvalue weighted by Crippen LogP contribution is -2.52. The fraction of sp³-hybridized carbons (Fsp3) is 0.875. The quantitative estimate of drug-likeness (QED) is 0.517. The van der Waals surface area contributed by atoms with E-state index in [4.69, 9.17) is 11.0 Å². The molecule has 0 radical (unpaired) electrons. The number of nitrogens with one attached hydrogen (secondary N) is 1. The minimum Gasteiger partial charge on any atom is -0.313 e. The van der Waals surface area contributed by atoms with Crippen molar-refractivity contribution >= 4 is 0 Å². The minimum atomic E-state index is -0.531. The average molecular weight is 151 g/mol. The molecule has 2 aliphatic heterocycles. The van der Waals surface area contributed by atoms with E-state index in [0.717, 1.165) is 12.8 Å². The maximum absolute atomic E-state index is 8.81. The molecule has 2 atom stereocenters. The SMILES string of the molecule is N#CC1(N)CC2CCC(C1)N2. The van der Waals surface area contributed by atoms with Gasteiger partial charge in [0, 0.05) is 12.1 Å². The van der Waals surface area contributed by atoms with Gasteiger partial charge < -0.3 is 11.1 Å². The van der Waals surface area contributed by atoms with Gasteiger partial charge in [0.05, 0.1) is 6.07 Å². The summed E-state index contributed by atoms with van der Waals surface area (Å²) < 4.78 is 0. The van der Waals surface area contributed by atoms with Gasteiger partial charge in [0.25, 0.3) is 0 Å². The largest absolute Gasteiger partial charge is 0.313 e. The predicted octanol–water partition coefficient (Wildman–Crippen LogP) is 0.122. The van der Waals surface area contributed by atoms with Gasteiger partial charge in [-0.3, -0.25) is 0 Å². The van der Waals surface area contributed by atoms with E-state index < -0.39 is 5.54 Å². The number of rotatable bonds is 0. The van der Waals surface area contributed by atoms with Crippen molar-refractivity contribution in [2.45, 2.75) is 43.3 Å². The predicted molar refractivity (Wildman–Crippen MR) is 41.7 cm³/mol. The van der Waals surface area contributed by atoms with Crippen LogP contribution in [0.25, 0.3) is 0 Å². The fourth-order valence-electron chi connectivity index (χ4n) is 2.28. The van der Waals surface area contributed by atoms with Crippen LogP contribution in [-0.4, -0.2) is 17.6 Å². The summed E-state index contributed by atoms with van der Waals surface area (Å²) in [6.07, 6.45) is 4.07. The lowest BCUT2D eigenvalue weighted by Gasteiger charge is -2.32. The van der Waals surface area contributed by atoms with Crippen LogP contribution in [0.15, 0.2) is 0 Å². The summed E-state index contributed by atoms with van der Waals surface area (Å²) >= 11 is 0. The normalized spacial score (nSPS) is 48.7. The second-order valence-electron chi connectivity index (χ2n) is 3.81. The van der Waals surface area contributed by atoms with Gasteiger partial charge in [-0.1, -0.05) is 0 Å². The number of hydrogen-bond acceptors (Lipinski definition) is 3. The Balaban J connectivity index is 2.15. The second kappa shape index (κ2) is 2.20. The van der Waals surface area contributed by atoms with Gasteiger partial charge in [-0.15, -0.1) is 0 Å². The lowest BCUT2D eigenvalue weighted by molar-refractivity contribution is 0.307. The van der Waals surface area contributed by atoms with Gasteiger partial charge in [-0.2, -0.15) is 5.26 Å². The summed E-state index contributed by atoms with van der Waals surface area (Å²) in [4.78, 5) is 0. The Kier molecular flexibility index (Phi) is 1.41. The summed E-state index contributed by atoms with van der Waals surface area (Å²) in [6.45, 7) is 0. The molecule has 11 heavy (non-hydrogen) atoms. The van der Waals surface area contributed by atoms with Crippen LogP contribution in [0.5, 0.6) is 0 Å². The molecule has 2 aliphatic rings. The lowest BCUT2D eigenvalue weighted by atomic mass is 9.86. The molecule has 0 aromatic heterocycles. The molecule has 3 heteroatoms. The Morgan fingerprint density at radius 1 is 1.36 bits per heavy atom. The summed E-state index contributed by atoms with van der Waals surface area (Å²) in [7, 11) is 0. The standard InChI is InChI=1S/C8H13N3/c9-5-8(10)3-6-1-2-7(4-8)11-6/h6-7,11H,1-4,10H2. The van der Waals surface area contributed by atoms with E-state index in [0.29, 0.717) is 12.1 Å². The summed E-state index contributed by atoms with van der Waals surface area (Å²) in [5.41, 5.74) is 5.35. The molecule has 2 rings (SSSR count). The first-order valence-electron chi connectivity index (χ1n) is 4.18. The monoisotopic (exact) mass is 151 g/mol. The second-order valence-corrected chi connectivity index (χ2v) is 3.81. The van der Waals surface area contributed by atoms with Crippen molar-refractivity contribution in [3.05, 3.63) is 0 Å². The summed E-state index contributed by atoms with van der Waals surface area (Å²) in [5.74, 6) is 0. The highest BCUT2D eigenvalue weighted by atomic mass is 15.0. The van der Waals surface area contributed by atoms with Gasteiger partial charge in [-0.25, -0.2) is 0 Å². The van der Waals surface area contributed by atoms with Crippen LogP contribution < -0.4 is 11.1 Å². The van der Waals surface area contributed by atoms with E-state index in [-0.39, 0.29) is 0 Å². The van der Waals surface area contributed by atoms with E-state index in [9.17, 15) is 0 Å². The number of nitrogens with zero attached hydrogens (tertiary/aromatic N) is 1. The first kappa shape index (κ1) is 7.08. The van der Waals surface area contributed by atoms with E-state index >= 15 is 0 Å². The summed E-state index contributed by atoms with van der Waals surface area (Å²) in [6, 6.07) is 3.24. The van der Waals surface area contributed by atoms with Crippen LogP contribution in [0.3, 0.4) is 0 Å². The van der Waals surface area contributed by atoms with Crippen molar-refractivity contribution in [1.29, 1.82) is 5.26 Å². The maximum Gasteiger partial charge on any atom is 0.107 e. The highest BCUT2D eigenvalue weighted by molar-refractivity contribution is 5.13.